The van der Waals surface area contributed by atoms with Crippen molar-refractivity contribution in [3.8, 4) is 17.1 Å². The minimum atomic E-state index is 0.118. The Labute approximate surface area is 164 Å². The minimum Gasteiger partial charge on any atom is -0.493 e. The first-order valence-corrected chi connectivity index (χ1v) is 9.97. The largest absolute Gasteiger partial charge is 0.493 e. The summed E-state index contributed by atoms with van der Waals surface area (Å²) in [7, 11) is 0. The lowest BCUT2D eigenvalue weighted by molar-refractivity contribution is 0.343. The first-order chi connectivity index (χ1) is 12.8. The highest BCUT2D eigenvalue weighted by Gasteiger charge is 2.16. The SMILES string of the molecule is Cc1cccc(OCCSc2nnc(-c3ccc(C(C)(C)C)cc3)n2N)c1. The summed E-state index contributed by atoms with van der Waals surface area (Å²) < 4.78 is 7.31. The second-order valence-electron chi connectivity index (χ2n) is 7.52. The molecule has 6 heteroatoms. The van der Waals surface area contributed by atoms with Gasteiger partial charge in [0.25, 0.3) is 0 Å². The van der Waals surface area contributed by atoms with Gasteiger partial charge in [0.05, 0.1) is 6.61 Å². The van der Waals surface area contributed by atoms with E-state index in [0.29, 0.717) is 17.6 Å². The van der Waals surface area contributed by atoms with Gasteiger partial charge < -0.3 is 10.6 Å². The summed E-state index contributed by atoms with van der Waals surface area (Å²) in [5, 5.41) is 9.15. The maximum absolute atomic E-state index is 6.20. The number of rotatable bonds is 6. The van der Waals surface area contributed by atoms with Crippen LogP contribution in [0.4, 0.5) is 0 Å². The topological polar surface area (TPSA) is 66.0 Å². The van der Waals surface area contributed by atoms with E-state index in [2.05, 4.69) is 43.1 Å². The van der Waals surface area contributed by atoms with E-state index in [9.17, 15) is 0 Å². The molecule has 0 aliphatic carbocycles. The lowest BCUT2D eigenvalue weighted by Gasteiger charge is -2.19. The van der Waals surface area contributed by atoms with Crippen LogP contribution < -0.4 is 10.6 Å². The Bertz CT molecular complexity index is 897. The zero-order chi connectivity index (χ0) is 19.4. The molecule has 0 spiro atoms. The summed E-state index contributed by atoms with van der Waals surface area (Å²) in [5.41, 5.74) is 3.54. The van der Waals surface area contributed by atoms with Crippen molar-refractivity contribution in [1.82, 2.24) is 14.9 Å². The first kappa shape index (κ1) is 19.3. The maximum atomic E-state index is 6.20. The molecule has 0 saturated heterocycles. The smallest absolute Gasteiger partial charge is 0.210 e. The van der Waals surface area contributed by atoms with Crippen LogP contribution in [0, 0.1) is 6.92 Å². The molecule has 0 radical (unpaired) electrons. The molecule has 0 atom stereocenters. The van der Waals surface area contributed by atoms with Crippen LogP contribution in [-0.2, 0) is 5.41 Å². The monoisotopic (exact) mass is 382 g/mol. The lowest BCUT2D eigenvalue weighted by atomic mass is 9.87. The Hall–Kier alpha value is -2.47. The molecule has 2 aromatic carbocycles. The van der Waals surface area contributed by atoms with Gasteiger partial charge in [-0.1, -0.05) is 68.9 Å². The van der Waals surface area contributed by atoms with Crippen molar-refractivity contribution in [2.45, 2.75) is 38.3 Å². The summed E-state index contributed by atoms with van der Waals surface area (Å²) in [6.07, 6.45) is 0. The van der Waals surface area contributed by atoms with E-state index in [0.717, 1.165) is 17.1 Å². The van der Waals surface area contributed by atoms with Gasteiger partial charge >= 0.3 is 0 Å². The Kier molecular flexibility index (Phi) is 5.75. The fourth-order valence-electron chi connectivity index (χ4n) is 2.69. The molecule has 1 aromatic heterocycles. The highest BCUT2D eigenvalue weighted by Crippen LogP contribution is 2.26. The molecule has 0 unspecified atom stereocenters. The standard InChI is InChI=1S/C21H26N4OS/c1-15-6-5-7-18(14-15)26-12-13-27-20-24-23-19(25(20)22)16-8-10-17(11-9-16)21(2,3)4/h5-11,14H,12-13,22H2,1-4H3. The van der Waals surface area contributed by atoms with Gasteiger partial charge in [-0.25, -0.2) is 4.68 Å². The Balaban J connectivity index is 1.60. The van der Waals surface area contributed by atoms with Gasteiger partial charge in [0, 0.05) is 11.3 Å². The lowest BCUT2D eigenvalue weighted by Crippen LogP contribution is -2.13. The number of nitrogen functional groups attached to an aromatic ring is 1. The zero-order valence-electron chi connectivity index (χ0n) is 16.3. The van der Waals surface area contributed by atoms with Gasteiger partial charge in [-0.05, 0) is 35.6 Å². The summed E-state index contributed by atoms with van der Waals surface area (Å²) in [6, 6.07) is 16.4. The van der Waals surface area contributed by atoms with Crippen molar-refractivity contribution in [1.29, 1.82) is 0 Å². The second kappa shape index (κ2) is 8.05. The molecule has 0 fully saturated rings. The van der Waals surface area contributed by atoms with Crippen molar-refractivity contribution in [2.24, 2.45) is 0 Å². The first-order valence-electron chi connectivity index (χ1n) is 8.98. The highest BCUT2D eigenvalue weighted by atomic mass is 32.2. The number of ether oxygens (including phenoxy) is 1. The van der Waals surface area contributed by atoms with E-state index in [1.54, 1.807) is 4.68 Å². The fourth-order valence-corrected chi connectivity index (χ4v) is 3.36. The number of aromatic nitrogens is 3. The highest BCUT2D eigenvalue weighted by molar-refractivity contribution is 7.99. The molecule has 27 heavy (non-hydrogen) atoms. The van der Waals surface area contributed by atoms with E-state index in [1.165, 1.54) is 22.9 Å². The molecule has 5 nitrogen and oxygen atoms in total. The van der Waals surface area contributed by atoms with E-state index in [4.69, 9.17) is 10.6 Å². The Morgan fingerprint density at radius 1 is 1.07 bits per heavy atom. The molecule has 142 valence electrons. The van der Waals surface area contributed by atoms with Crippen LogP contribution in [0.1, 0.15) is 31.9 Å². The van der Waals surface area contributed by atoms with Gasteiger partial charge in [0.2, 0.25) is 5.16 Å². The van der Waals surface area contributed by atoms with Gasteiger partial charge in [-0.3, -0.25) is 0 Å². The van der Waals surface area contributed by atoms with Crippen LogP contribution in [-0.4, -0.2) is 27.2 Å². The van der Waals surface area contributed by atoms with Gasteiger partial charge in [0.1, 0.15) is 5.75 Å². The van der Waals surface area contributed by atoms with E-state index in [-0.39, 0.29) is 5.41 Å². The molecule has 3 rings (SSSR count). The molecular weight excluding hydrogens is 356 g/mol. The number of nitrogens with zero attached hydrogens (tertiary/aromatic N) is 3. The van der Waals surface area contributed by atoms with Crippen LogP contribution in [0.2, 0.25) is 0 Å². The summed E-state index contributed by atoms with van der Waals surface area (Å²) >= 11 is 1.53. The van der Waals surface area contributed by atoms with Crippen molar-refractivity contribution in [3.63, 3.8) is 0 Å². The predicted molar refractivity (Wildman–Crippen MR) is 112 cm³/mol. The number of nitrogens with two attached hydrogens (primary N) is 1. The van der Waals surface area contributed by atoms with E-state index < -0.39 is 0 Å². The van der Waals surface area contributed by atoms with Crippen molar-refractivity contribution < 1.29 is 4.74 Å². The van der Waals surface area contributed by atoms with Crippen LogP contribution >= 0.6 is 11.8 Å². The Morgan fingerprint density at radius 3 is 2.48 bits per heavy atom. The third-order valence-corrected chi connectivity index (χ3v) is 5.15. The minimum absolute atomic E-state index is 0.118. The van der Waals surface area contributed by atoms with Crippen LogP contribution in [0.5, 0.6) is 5.75 Å². The van der Waals surface area contributed by atoms with Crippen LogP contribution in [0.25, 0.3) is 11.4 Å². The van der Waals surface area contributed by atoms with Crippen molar-refractivity contribution in [2.75, 3.05) is 18.2 Å². The molecule has 0 aliphatic rings. The maximum Gasteiger partial charge on any atom is 0.210 e. The zero-order valence-corrected chi connectivity index (χ0v) is 17.1. The normalized spacial score (nSPS) is 11.6. The number of benzene rings is 2. The molecule has 0 aliphatic heterocycles. The third-order valence-electron chi connectivity index (χ3n) is 4.25. The molecule has 0 bridgehead atoms. The van der Waals surface area contributed by atoms with E-state index >= 15 is 0 Å². The quantitative estimate of drug-likeness (QED) is 0.388. The Morgan fingerprint density at radius 2 is 1.81 bits per heavy atom. The van der Waals surface area contributed by atoms with Crippen molar-refractivity contribution in [3.05, 3.63) is 59.7 Å². The molecule has 2 N–H and O–H groups in total. The average Bonchev–Trinajstić information content (AvgIpc) is 2.99. The molecular formula is C21H26N4OS. The predicted octanol–water partition coefficient (Wildman–Crippen LogP) is 4.44. The van der Waals surface area contributed by atoms with Crippen LogP contribution in [0.3, 0.4) is 0 Å². The number of hydrogen-bond acceptors (Lipinski definition) is 5. The molecule has 0 saturated carbocycles. The average molecular weight is 383 g/mol. The van der Waals surface area contributed by atoms with Crippen LogP contribution in [0.15, 0.2) is 53.7 Å². The van der Waals surface area contributed by atoms with Crippen molar-refractivity contribution >= 4 is 11.8 Å². The molecule has 0 amide bonds. The molecule has 3 aromatic rings. The third kappa shape index (κ3) is 4.83. The summed E-state index contributed by atoms with van der Waals surface area (Å²) in [4.78, 5) is 0. The number of hydrogen-bond donors (Lipinski definition) is 1. The summed E-state index contributed by atoms with van der Waals surface area (Å²) in [5.74, 6) is 8.49. The molecule has 1 heterocycles. The van der Waals surface area contributed by atoms with E-state index in [1.807, 2.05) is 43.3 Å². The number of aryl methyl sites for hydroxylation is 1. The second-order valence-corrected chi connectivity index (χ2v) is 8.58. The number of thioether (sulfide) groups is 1. The summed E-state index contributed by atoms with van der Waals surface area (Å²) in [6.45, 7) is 9.22. The van der Waals surface area contributed by atoms with Gasteiger partial charge in [-0.2, -0.15) is 0 Å². The van der Waals surface area contributed by atoms with Gasteiger partial charge in [-0.15, -0.1) is 10.2 Å². The van der Waals surface area contributed by atoms with Gasteiger partial charge in [0.15, 0.2) is 5.82 Å². The fraction of sp³-hybridized carbons (Fsp3) is 0.333.